The Labute approximate surface area is 128 Å². The van der Waals surface area contributed by atoms with Gasteiger partial charge < -0.3 is 21.1 Å². The predicted molar refractivity (Wildman–Crippen MR) is 83.9 cm³/mol. The highest BCUT2D eigenvalue weighted by Crippen LogP contribution is 2.09. The molecule has 0 atom stereocenters. The summed E-state index contributed by atoms with van der Waals surface area (Å²) in [4.78, 5) is 22.6. The van der Waals surface area contributed by atoms with Gasteiger partial charge in [0.25, 0.3) is 5.91 Å². The lowest BCUT2D eigenvalue weighted by molar-refractivity contribution is 0.0947. The first-order chi connectivity index (χ1) is 10.6. The summed E-state index contributed by atoms with van der Waals surface area (Å²) in [6, 6.07) is 15.2. The number of ether oxygens (including phenoxy) is 1. The summed E-state index contributed by atoms with van der Waals surface area (Å²) < 4.78 is 5.48. The number of carbonyl (C=O) groups is 2. The van der Waals surface area contributed by atoms with Gasteiger partial charge in [-0.25, -0.2) is 4.79 Å². The van der Waals surface area contributed by atoms with Gasteiger partial charge in [-0.3, -0.25) is 4.79 Å². The van der Waals surface area contributed by atoms with E-state index < -0.39 is 6.03 Å². The van der Waals surface area contributed by atoms with Gasteiger partial charge in [-0.2, -0.15) is 0 Å². The maximum absolute atomic E-state index is 11.9. The second kappa shape index (κ2) is 7.68. The monoisotopic (exact) mass is 299 g/mol. The van der Waals surface area contributed by atoms with Crippen LogP contribution in [0.3, 0.4) is 0 Å². The molecule has 0 aliphatic rings. The summed E-state index contributed by atoms with van der Waals surface area (Å²) in [6.07, 6.45) is 0. The van der Waals surface area contributed by atoms with Gasteiger partial charge in [-0.15, -0.1) is 0 Å². The number of urea groups is 1. The van der Waals surface area contributed by atoms with Crippen LogP contribution in [0.4, 0.5) is 10.5 Å². The number of amides is 3. The highest BCUT2D eigenvalue weighted by atomic mass is 16.5. The van der Waals surface area contributed by atoms with Gasteiger partial charge in [-0.05, 0) is 36.4 Å². The quantitative estimate of drug-likeness (QED) is 0.712. The second-order valence-corrected chi connectivity index (χ2v) is 4.48. The van der Waals surface area contributed by atoms with Gasteiger partial charge in [0.15, 0.2) is 0 Å². The Kier molecular flexibility index (Phi) is 5.37. The summed E-state index contributed by atoms with van der Waals surface area (Å²) in [5.41, 5.74) is 6.04. The minimum atomic E-state index is -0.643. The van der Waals surface area contributed by atoms with Crippen LogP contribution >= 0.6 is 0 Å². The number of primary amides is 1. The molecule has 0 radical (unpaired) electrons. The number of nitrogens with one attached hydrogen (secondary N) is 2. The molecule has 3 amide bonds. The zero-order valence-electron chi connectivity index (χ0n) is 11.9. The van der Waals surface area contributed by atoms with Gasteiger partial charge in [-0.1, -0.05) is 18.2 Å². The van der Waals surface area contributed by atoms with E-state index in [0.717, 1.165) is 5.75 Å². The van der Waals surface area contributed by atoms with E-state index in [0.29, 0.717) is 24.4 Å². The van der Waals surface area contributed by atoms with Crippen LogP contribution in [0.5, 0.6) is 5.75 Å². The Morgan fingerprint density at radius 2 is 1.68 bits per heavy atom. The average Bonchev–Trinajstić information content (AvgIpc) is 2.52. The topological polar surface area (TPSA) is 93.5 Å². The molecule has 0 saturated heterocycles. The molecule has 6 heteroatoms. The van der Waals surface area contributed by atoms with E-state index >= 15 is 0 Å². The minimum absolute atomic E-state index is 0.206. The van der Waals surface area contributed by atoms with E-state index in [1.54, 1.807) is 24.3 Å². The number of hydrogen-bond acceptors (Lipinski definition) is 3. The van der Waals surface area contributed by atoms with E-state index in [9.17, 15) is 9.59 Å². The number of carbonyl (C=O) groups excluding carboxylic acids is 2. The summed E-state index contributed by atoms with van der Waals surface area (Å²) >= 11 is 0. The Bertz CT molecular complexity index is 627. The molecular formula is C16H17N3O3. The van der Waals surface area contributed by atoms with Crippen LogP contribution < -0.4 is 21.1 Å². The maximum atomic E-state index is 11.9. The molecule has 0 aliphatic heterocycles. The third-order valence-corrected chi connectivity index (χ3v) is 2.81. The molecule has 0 fully saturated rings. The largest absolute Gasteiger partial charge is 0.492 e. The van der Waals surface area contributed by atoms with E-state index in [-0.39, 0.29) is 5.91 Å². The summed E-state index contributed by atoms with van der Waals surface area (Å²) in [5, 5.41) is 5.18. The smallest absolute Gasteiger partial charge is 0.316 e. The Hall–Kier alpha value is -3.02. The fraction of sp³-hybridized carbons (Fsp3) is 0.125. The van der Waals surface area contributed by atoms with Crippen molar-refractivity contribution in [2.24, 2.45) is 5.73 Å². The van der Waals surface area contributed by atoms with E-state index in [4.69, 9.17) is 10.5 Å². The standard InChI is InChI=1S/C16H17N3O3/c17-16(21)19-13-8-6-12(7-9-13)15(20)18-10-11-22-14-4-2-1-3-5-14/h1-9H,10-11H2,(H,18,20)(H3,17,19,21). The summed E-state index contributed by atoms with van der Waals surface area (Å²) in [7, 11) is 0. The molecule has 0 aromatic heterocycles. The number of benzene rings is 2. The molecule has 6 nitrogen and oxygen atoms in total. The number of para-hydroxylation sites is 1. The van der Waals surface area contributed by atoms with E-state index in [2.05, 4.69) is 10.6 Å². The van der Waals surface area contributed by atoms with Crippen LogP contribution in [0, 0.1) is 0 Å². The number of nitrogens with two attached hydrogens (primary N) is 1. The number of rotatable bonds is 6. The molecule has 0 aliphatic carbocycles. The fourth-order valence-corrected chi connectivity index (χ4v) is 1.80. The average molecular weight is 299 g/mol. The first-order valence-corrected chi connectivity index (χ1v) is 6.78. The second-order valence-electron chi connectivity index (χ2n) is 4.48. The van der Waals surface area contributed by atoms with Crippen LogP contribution in [-0.2, 0) is 0 Å². The van der Waals surface area contributed by atoms with Crippen LogP contribution in [0.1, 0.15) is 10.4 Å². The summed E-state index contributed by atoms with van der Waals surface area (Å²) in [6.45, 7) is 0.784. The van der Waals surface area contributed by atoms with Gasteiger partial charge in [0.2, 0.25) is 0 Å². The fourth-order valence-electron chi connectivity index (χ4n) is 1.80. The van der Waals surface area contributed by atoms with Crippen LogP contribution in [0.15, 0.2) is 54.6 Å². The molecule has 0 unspecified atom stereocenters. The van der Waals surface area contributed by atoms with Crippen LogP contribution in [0.2, 0.25) is 0 Å². The third kappa shape index (κ3) is 4.82. The van der Waals surface area contributed by atoms with Crippen molar-refractivity contribution in [3.63, 3.8) is 0 Å². The molecule has 0 bridgehead atoms. The van der Waals surface area contributed by atoms with Crippen molar-refractivity contribution in [1.82, 2.24) is 5.32 Å². The highest BCUT2D eigenvalue weighted by Gasteiger charge is 2.05. The van der Waals surface area contributed by atoms with E-state index in [1.165, 1.54) is 0 Å². The van der Waals surface area contributed by atoms with Gasteiger partial charge in [0.05, 0.1) is 6.54 Å². The lowest BCUT2D eigenvalue weighted by Crippen LogP contribution is -2.28. The van der Waals surface area contributed by atoms with E-state index in [1.807, 2.05) is 30.3 Å². The molecule has 0 saturated carbocycles. The Morgan fingerprint density at radius 3 is 2.32 bits per heavy atom. The SMILES string of the molecule is NC(=O)Nc1ccc(C(=O)NCCOc2ccccc2)cc1. The van der Waals surface area contributed by atoms with Crippen molar-refractivity contribution in [3.05, 3.63) is 60.2 Å². The molecule has 114 valence electrons. The van der Waals surface area contributed by atoms with Crippen molar-refractivity contribution < 1.29 is 14.3 Å². The number of hydrogen-bond donors (Lipinski definition) is 3. The predicted octanol–water partition coefficient (Wildman–Crippen LogP) is 1.99. The van der Waals surface area contributed by atoms with Gasteiger partial charge >= 0.3 is 6.03 Å². The van der Waals surface area contributed by atoms with Crippen LogP contribution in [-0.4, -0.2) is 25.1 Å². The first-order valence-electron chi connectivity index (χ1n) is 6.78. The first kappa shape index (κ1) is 15.4. The molecule has 22 heavy (non-hydrogen) atoms. The third-order valence-electron chi connectivity index (χ3n) is 2.81. The van der Waals surface area contributed by atoms with Crippen molar-refractivity contribution in [3.8, 4) is 5.75 Å². The minimum Gasteiger partial charge on any atom is -0.492 e. The summed E-state index contributed by atoms with van der Waals surface area (Å²) in [5.74, 6) is 0.556. The highest BCUT2D eigenvalue weighted by molar-refractivity contribution is 5.95. The van der Waals surface area contributed by atoms with Crippen molar-refractivity contribution in [2.45, 2.75) is 0 Å². The zero-order chi connectivity index (χ0) is 15.8. The molecule has 0 spiro atoms. The number of anilines is 1. The molecule has 0 heterocycles. The molecule has 2 rings (SSSR count). The van der Waals surface area contributed by atoms with Crippen molar-refractivity contribution in [1.29, 1.82) is 0 Å². The zero-order valence-corrected chi connectivity index (χ0v) is 11.9. The van der Waals surface area contributed by atoms with Crippen LogP contribution in [0.25, 0.3) is 0 Å². The Balaban J connectivity index is 1.76. The molecule has 4 N–H and O–H groups in total. The lowest BCUT2D eigenvalue weighted by Gasteiger charge is -2.08. The normalized spacial score (nSPS) is 9.82. The molecule has 2 aromatic rings. The Morgan fingerprint density at radius 1 is 1.00 bits per heavy atom. The molecule has 2 aromatic carbocycles. The van der Waals surface area contributed by atoms with Crippen molar-refractivity contribution >= 4 is 17.6 Å². The van der Waals surface area contributed by atoms with Gasteiger partial charge in [0.1, 0.15) is 12.4 Å². The maximum Gasteiger partial charge on any atom is 0.316 e. The van der Waals surface area contributed by atoms with Gasteiger partial charge in [0, 0.05) is 11.3 Å². The molecular weight excluding hydrogens is 282 g/mol. The van der Waals surface area contributed by atoms with Crippen molar-refractivity contribution in [2.75, 3.05) is 18.5 Å². The lowest BCUT2D eigenvalue weighted by atomic mass is 10.2.